The molecular weight excluding hydrogens is 246 g/mol. The number of aryl methyl sites for hydroxylation is 1. The summed E-state index contributed by atoms with van der Waals surface area (Å²) in [5.41, 5.74) is 8.07. The SMILES string of the molecule is CC(N)(C#N)CCCCN1CCCCc2ccccc21. The van der Waals surface area contributed by atoms with E-state index in [0.29, 0.717) is 0 Å². The van der Waals surface area contributed by atoms with Gasteiger partial charge in [-0.15, -0.1) is 0 Å². The largest absolute Gasteiger partial charge is 0.371 e. The average molecular weight is 271 g/mol. The summed E-state index contributed by atoms with van der Waals surface area (Å²) >= 11 is 0. The molecule has 1 aromatic rings. The Morgan fingerprint density at radius 1 is 1.30 bits per heavy atom. The van der Waals surface area contributed by atoms with Crippen LogP contribution < -0.4 is 10.6 Å². The molecule has 1 heterocycles. The highest BCUT2D eigenvalue weighted by molar-refractivity contribution is 5.54. The van der Waals surface area contributed by atoms with Gasteiger partial charge in [-0.05, 0) is 57.1 Å². The minimum Gasteiger partial charge on any atom is -0.371 e. The van der Waals surface area contributed by atoms with Gasteiger partial charge in [0, 0.05) is 18.8 Å². The second kappa shape index (κ2) is 6.76. The number of benzene rings is 1. The third kappa shape index (κ3) is 3.98. The third-order valence-electron chi connectivity index (χ3n) is 4.09. The molecule has 2 N–H and O–H groups in total. The summed E-state index contributed by atoms with van der Waals surface area (Å²) < 4.78 is 0. The van der Waals surface area contributed by atoms with Crippen molar-refractivity contribution >= 4 is 5.69 Å². The lowest BCUT2D eigenvalue weighted by atomic mass is 9.98. The molecule has 0 fully saturated rings. The summed E-state index contributed by atoms with van der Waals surface area (Å²) in [5, 5.41) is 8.92. The van der Waals surface area contributed by atoms with E-state index >= 15 is 0 Å². The zero-order valence-corrected chi connectivity index (χ0v) is 12.4. The highest BCUT2D eigenvalue weighted by Crippen LogP contribution is 2.26. The van der Waals surface area contributed by atoms with E-state index in [0.717, 1.165) is 32.4 Å². The van der Waals surface area contributed by atoms with Gasteiger partial charge in [-0.3, -0.25) is 0 Å². The van der Waals surface area contributed by atoms with Gasteiger partial charge < -0.3 is 10.6 Å². The van der Waals surface area contributed by atoms with Gasteiger partial charge in [-0.1, -0.05) is 18.2 Å². The topological polar surface area (TPSA) is 53.1 Å². The molecule has 108 valence electrons. The van der Waals surface area contributed by atoms with Crippen molar-refractivity contribution in [3.8, 4) is 6.07 Å². The Bertz CT molecular complexity index is 473. The second-order valence-corrected chi connectivity index (χ2v) is 6.06. The molecule has 1 aliphatic heterocycles. The summed E-state index contributed by atoms with van der Waals surface area (Å²) in [7, 11) is 0. The van der Waals surface area contributed by atoms with Crippen LogP contribution in [0.1, 0.15) is 44.6 Å². The van der Waals surface area contributed by atoms with Crippen LogP contribution in [0.4, 0.5) is 5.69 Å². The van der Waals surface area contributed by atoms with Crippen molar-refractivity contribution in [3.63, 3.8) is 0 Å². The number of hydrogen-bond acceptors (Lipinski definition) is 3. The number of para-hydroxylation sites is 1. The molecule has 1 atom stereocenters. The summed E-state index contributed by atoms with van der Waals surface area (Å²) in [6.45, 7) is 4.03. The Labute approximate surface area is 122 Å². The summed E-state index contributed by atoms with van der Waals surface area (Å²) in [4.78, 5) is 2.50. The smallest absolute Gasteiger partial charge is 0.101 e. The Morgan fingerprint density at radius 3 is 2.90 bits per heavy atom. The number of rotatable bonds is 5. The van der Waals surface area contributed by atoms with Gasteiger partial charge in [-0.2, -0.15) is 5.26 Å². The zero-order valence-electron chi connectivity index (χ0n) is 12.4. The Kier molecular flexibility index (Phi) is 5.03. The molecule has 0 saturated heterocycles. The van der Waals surface area contributed by atoms with Crippen LogP contribution in [0.15, 0.2) is 24.3 Å². The maximum absolute atomic E-state index is 8.92. The number of hydrogen-bond donors (Lipinski definition) is 1. The van der Waals surface area contributed by atoms with Crippen molar-refractivity contribution in [2.24, 2.45) is 5.73 Å². The van der Waals surface area contributed by atoms with Gasteiger partial charge in [0.2, 0.25) is 0 Å². The number of nitriles is 1. The standard InChI is InChI=1S/C17H25N3/c1-17(19,14-18)11-5-7-13-20-12-6-4-9-15-8-2-3-10-16(15)20/h2-3,8,10H,4-7,9,11-13,19H2,1H3. The predicted molar refractivity (Wildman–Crippen MR) is 83.6 cm³/mol. The number of nitrogens with two attached hydrogens (primary N) is 1. The van der Waals surface area contributed by atoms with Crippen LogP contribution in [-0.2, 0) is 6.42 Å². The van der Waals surface area contributed by atoms with Crippen LogP contribution in [0.3, 0.4) is 0 Å². The summed E-state index contributed by atoms with van der Waals surface area (Å²) in [6.07, 6.45) is 6.63. The molecule has 0 aliphatic carbocycles. The van der Waals surface area contributed by atoms with Gasteiger partial charge in [0.05, 0.1) is 6.07 Å². The first kappa shape index (κ1) is 14.9. The van der Waals surface area contributed by atoms with Crippen LogP contribution in [0.25, 0.3) is 0 Å². The highest BCUT2D eigenvalue weighted by atomic mass is 15.1. The van der Waals surface area contributed by atoms with Crippen LogP contribution in [0.2, 0.25) is 0 Å². The third-order valence-corrected chi connectivity index (χ3v) is 4.09. The molecule has 3 nitrogen and oxygen atoms in total. The Morgan fingerprint density at radius 2 is 2.10 bits per heavy atom. The first-order valence-electron chi connectivity index (χ1n) is 7.65. The van der Waals surface area contributed by atoms with Gasteiger partial charge >= 0.3 is 0 Å². The van der Waals surface area contributed by atoms with E-state index in [1.54, 1.807) is 0 Å². The van der Waals surface area contributed by atoms with Gasteiger partial charge in [0.25, 0.3) is 0 Å². The Balaban J connectivity index is 1.89. The van der Waals surface area contributed by atoms with E-state index in [4.69, 9.17) is 11.0 Å². The van der Waals surface area contributed by atoms with Crippen molar-refractivity contribution < 1.29 is 0 Å². The fraction of sp³-hybridized carbons (Fsp3) is 0.588. The molecular formula is C17H25N3. The van der Waals surface area contributed by atoms with Crippen LogP contribution in [0, 0.1) is 11.3 Å². The molecule has 0 bridgehead atoms. The van der Waals surface area contributed by atoms with Crippen molar-refractivity contribution in [2.75, 3.05) is 18.0 Å². The maximum atomic E-state index is 8.92. The number of unbranched alkanes of at least 4 members (excludes halogenated alkanes) is 1. The molecule has 0 spiro atoms. The van der Waals surface area contributed by atoms with E-state index in [9.17, 15) is 0 Å². The molecule has 3 heteroatoms. The van der Waals surface area contributed by atoms with E-state index in [1.807, 2.05) is 6.92 Å². The van der Waals surface area contributed by atoms with Gasteiger partial charge in [-0.25, -0.2) is 0 Å². The molecule has 1 aromatic carbocycles. The quantitative estimate of drug-likeness (QED) is 0.836. The normalized spacial score (nSPS) is 17.8. The van der Waals surface area contributed by atoms with Crippen molar-refractivity contribution in [1.29, 1.82) is 5.26 Å². The lowest BCUT2D eigenvalue weighted by Crippen LogP contribution is -2.34. The monoisotopic (exact) mass is 271 g/mol. The molecule has 2 rings (SSSR count). The van der Waals surface area contributed by atoms with Crippen molar-refractivity contribution in [1.82, 2.24) is 0 Å². The summed E-state index contributed by atoms with van der Waals surface area (Å²) in [5.74, 6) is 0. The number of anilines is 1. The highest BCUT2D eigenvalue weighted by Gasteiger charge is 2.17. The number of nitrogens with zero attached hydrogens (tertiary/aromatic N) is 2. The van der Waals surface area contributed by atoms with Crippen LogP contribution in [0.5, 0.6) is 0 Å². The van der Waals surface area contributed by atoms with Crippen molar-refractivity contribution in [2.45, 2.75) is 51.0 Å². The molecule has 0 radical (unpaired) electrons. The van der Waals surface area contributed by atoms with Crippen LogP contribution >= 0.6 is 0 Å². The zero-order chi connectivity index (χ0) is 14.4. The maximum Gasteiger partial charge on any atom is 0.101 e. The molecule has 0 amide bonds. The minimum absolute atomic E-state index is 0.670. The van der Waals surface area contributed by atoms with Crippen molar-refractivity contribution in [3.05, 3.63) is 29.8 Å². The summed E-state index contributed by atoms with van der Waals surface area (Å²) in [6, 6.07) is 10.9. The first-order chi connectivity index (χ1) is 9.62. The van der Waals surface area contributed by atoms with E-state index in [1.165, 1.54) is 30.5 Å². The van der Waals surface area contributed by atoms with Gasteiger partial charge in [0.1, 0.15) is 5.54 Å². The second-order valence-electron chi connectivity index (χ2n) is 6.06. The fourth-order valence-corrected chi connectivity index (χ4v) is 2.85. The molecule has 1 unspecified atom stereocenters. The minimum atomic E-state index is -0.670. The molecule has 0 aromatic heterocycles. The Hall–Kier alpha value is -1.53. The molecule has 1 aliphatic rings. The molecule has 20 heavy (non-hydrogen) atoms. The first-order valence-corrected chi connectivity index (χ1v) is 7.65. The van der Waals surface area contributed by atoms with Crippen LogP contribution in [-0.4, -0.2) is 18.6 Å². The average Bonchev–Trinajstić information content (AvgIpc) is 2.66. The van der Waals surface area contributed by atoms with E-state index in [-0.39, 0.29) is 0 Å². The molecule has 0 saturated carbocycles. The lowest BCUT2D eigenvalue weighted by Gasteiger charge is -2.25. The number of fused-ring (bicyclic) bond motifs is 1. The predicted octanol–water partition coefficient (Wildman–Crippen LogP) is 3.24. The van der Waals surface area contributed by atoms with E-state index < -0.39 is 5.54 Å². The van der Waals surface area contributed by atoms with Gasteiger partial charge in [0.15, 0.2) is 0 Å². The lowest BCUT2D eigenvalue weighted by molar-refractivity contribution is 0.506. The fourth-order valence-electron chi connectivity index (χ4n) is 2.85. The van der Waals surface area contributed by atoms with E-state index in [2.05, 4.69) is 35.2 Å².